The zero-order valence-corrected chi connectivity index (χ0v) is 20.5. The van der Waals surface area contributed by atoms with Crippen LogP contribution in [0.25, 0.3) is 11.0 Å². The third-order valence-corrected chi connectivity index (χ3v) is 7.76. The monoisotopic (exact) mass is 469 g/mol. The van der Waals surface area contributed by atoms with Gasteiger partial charge in [-0.2, -0.15) is 5.10 Å². The van der Waals surface area contributed by atoms with Crippen molar-refractivity contribution in [1.82, 2.24) is 29.9 Å². The molecule has 0 aliphatic carbocycles. The lowest BCUT2D eigenvalue weighted by Crippen LogP contribution is -2.46. The normalized spacial score (nSPS) is 23.5. The van der Waals surface area contributed by atoms with E-state index in [0.29, 0.717) is 5.69 Å². The lowest BCUT2D eigenvalue weighted by atomic mass is 10.0. The Hall–Kier alpha value is -2.23. The molecule has 3 fully saturated rings. The first-order chi connectivity index (χ1) is 16.6. The number of anilines is 1. The molecule has 0 saturated carbocycles. The average Bonchev–Trinajstić information content (AvgIpc) is 3.42. The highest BCUT2D eigenvalue weighted by atomic mass is 16.3. The van der Waals surface area contributed by atoms with Gasteiger partial charge in [-0.3, -0.25) is 4.79 Å². The Bertz CT molecular complexity index is 979. The van der Waals surface area contributed by atoms with Crippen LogP contribution in [0.2, 0.25) is 0 Å². The lowest BCUT2D eigenvalue weighted by Gasteiger charge is -2.33. The van der Waals surface area contributed by atoms with Crippen LogP contribution < -0.4 is 10.2 Å². The number of hydrogen-bond acceptors (Lipinski definition) is 7. The Morgan fingerprint density at radius 3 is 2.47 bits per heavy atom. The number of likely N-dealkylation sites (tertiary alicyclic amines) is 2. The first-order valence-corrected chi connectivity index (χ1v) is 13.1. The Morgan fingerprint density at radius 1 is 0.971 bits per heavy atom. The Balaban J connectivity index is 1.18. The standard InChI is InChI=1S/C25H39N7O2/c1-29-24-21(6-7-22(27-24)32-13-4-5-20(33)10-16-32)23(28-29)25(34)26-19-8-14-31(15-9-19)18-17-30-11-2-3-12-30/h6-7,19-20,33H,2-5,8-18H2,1H3,(H,26,34). The number of pyridine rings is 1. The van der Waals surface area contributed by atoms with Crippen LogP contribution >= 0.6 is 0 Å². The molecular weight excluding hydrogens is 430 g/mol. The minimum atomic E-state index is -0.224. The van der Waals surface area contributed by atoms with E-state index in [1.165, 1.54) is 32.5 Å². The largest absolute Gasteiger partial charge is 0.393 e. The third-order valence-electron chi connectivity index (χ3n) is 7.76. The van der Waals surface area contributed by atoms with Crippen molar-refractivity contribution >= 4 is 22.8 Å². The molecule has 34 heavy (non-hydrogen) atoms. The maximum atomic E-state index is 13.1. The zero-order chi connectivity index (χ0) is 23.5. The molecule has 1 atom stereocenters. The number of aryl methyl sites for hydroxylation is 1. The summed E-state index contributed by atoms with van der Waals surface area (Å²) in [4.78, 5) is 25.3. The minimum absolute atomic E-state index is 0.103. The van der Waals surface area contributed by atoms with Crippen LogP contribution in [0.4, 0.5) is 5.82 Å². The smallest absolute Gasteiger partial charge is 0.272 e. The topological polar surface area (TPSA) is 89.8 Å². The van der Waals surface area contributed by atoms with Gasteiger partial charge in [-0.15, -0.1) is 0 Å². The predicted octanol–water partition coefficient (Wildman–Crippen LogP) is 1.61. The number of piperidine rings is 1. The average molecular weight is 470 g/mol. The summed E-state index contributed by atoms with van der Waals surface area (Å²) in [6.45, 7) is 8.57. The van der Waals surface area contributed by atoms with Crippen LogP contribution in [-0.2, 0) is 7.05 Å². The molecule has 3 aliphatic heterocycles. The molecule has 0 radical (unpaired) electrons. The van der Waals surface area contributed by atoms with Crippen molar-refractivity contribution in [2.75, 3.05) is 57.3 Å². The van der Waals surface area contributed by atoms with Crippen LogP contribution in [-0.4, -0.2) is 100 Å². The number of fused-ring (bicyclic) bond motifs is 1. The van der Waals surface area contributed by atoms with E-state index in [4.69, 9.17) is 4.98 Å². The van der Waals surface area contributed by atoms with E-state index in [-0.39, 0.29) is 18.1 Å². The van der Waals surface area contributed by atoms with Gasteiger partial charge in [-0.25, -0.2) is 9.67 Å². The summed E-state index contributed by atoms with van der Waals surface area (Å²) in [5.41, 5.74) is 1.18. The summed E-state index contributed by atoms with van der Waals surface area (Å²) in [5, 5.41) is 18.5. The predicted molar refractivity (Wildman–Crippen MR) is 133 cm³/mol. The quantitative estimate of drug-likeness (QED) is 0.664. The van der Waals surface area contributed by atoms with Crippen LogP contribution in [0.15, 0.2) is 12.1 Å². The van der Waals surface area contributed by atoms with Gasteiger partial charge in [-0.1, -0.05) is 0 Å². The number of carbonyl (C=O) groups is 1. The number of nitrogens with one attached hydrogen (secondary N) is 1. The first-order valence-electron chi connectivity index (χ1n) is 13.1. The van der Waals surface area contributed by atoms with Gasteiger partial charge >= 0.3 is 0 Å². The SMILES string of the molecule is Cn1nc(C(=O)NC2CCN(CCN3CCCC3)CC2)c2ccc(N3CCCC(O)CC3)nc21. The van der Waals surface area contributed by atoms with Gasteiger partial charge in [-0.05, 0) is 70.2 Å². The molecule has 0 spiro atoms. The molecule has 0 aromatic carbocycles. The number of carbonyl (C=O) groups excluding carboxylic acids is 1. The molecule has 5 heterocycles. The van der Waals surface area contributed by atoms with E-state index in [2.05, 4.69) is 25.1 Å². The second-order valence-electron chi connectivity index (χ2n) is 10.2. The van der Waals surface area contributed by atoms with Crippen molar-refractivity contribution in [2.24, 2.45) is 7.05 Å². The molecule has 5 rings (SSSR count). The maximum absolute atomic E-state index is 13.1. The highest BCUT2D eigenvalue weighted by molar-refractivity contribution is 6.04. The molecule has 3 saturated heterocycles. The van der Waals surface area contributed by atoms with E-state index >= 15 is 0 Å². The number of hydrogen-bond donors (Lipinski definition) is 2. The van der Waals surface area contributed by atoms with Crippen molar-refractivity contribution < 1.29 is 9.90 Å². The van der Waals surface area contributed by atoms with Crippen LogP contribution in [0, 0.1) is 0 Å². The van der Waals surface area contributed by atoms with Gasteiger partial charge < -0.3 is 25.1 Å². The van der Waals surface area contributed by atoms with Crippen molar-refractivity contribution in [3.8, 4) is 0 Å². The maximum Gasteiger partial charge on any atom is 0.272 e. The van der Waals surface area contributed by atoms with Gasteiger partial charge in [0.05, 0.1) is 11.5 Å². The summed E-state index contributed by atoms with van der Waals surface area (Å²) in [6, 6.07) is 4.16. The van der Waals surface area contributed by atoms with E-state index in [0.717, 1.165) is 81.7 Å². The van der Waals surface area contributed by atoms with E-state index in [9.17, 15) is 9.90 Å². The number of nitrogens with zero attached hydrogens (tertiary/aromatic N) is 6. The number of aliphatic hydroxyl groups excluding tert-OH is 1. The van der Waals surface area contributed by atoms with Crippen molar-refractivity contribution in [1.29, 1.82) is 0 Å². The summed E-state index contributed by atoms with van der Waals surface area (Å²) in [5.74, 6) is 0.784. The number of rotatable bonds is 6. The minimum Gasteiger partial charge on any atom is -0.393 e. The van der Waals surface area contributed by atoms with E-state index in [1.807, 2.05) is 19.2 Å². The Kier molecular flexibility index (Phi) is 7.32. The lowest BCUT2D eigenvalue weighted by molar-refractivity contribution is 0.0904. The molecule has 2 N–H and O–H groups in total. The number of aliphatic hydroxyl groups is 1. The molecule has 186 valence electrons. The third kappa shape index (κ3) is 5.37. The summed E-state index contributed by atoms with van der Waals surface area (Å²) in [7, 11) is 1.85. The molecule has 2 aromatic rings. The van der Waals surface area contributed by atoms with E-state index in [1.54, 1.807) is 4.68 Å². The Morgan fingerprint density at radius 2 is 1.71 bits per heavy atom. The molecule has 1 amide bonds. The first kappa shape index (κ1) is 23.5. The van der Waals surface area contributed by atoms with Crippen LogP contribution in [0.5, 0.6) is 0 Å². The van der Waals surface area contributed by atoms with E-state index < -0.39 is 0 Å². The molecule has 1 unspecified atom stereocenters. The molecule has 9 heteroatoms. The molecule has 3 aliphatic rings. The van der Waals surface area contributed by atoms with Gasteiger partial charge in [0, 0.05) is 52.4 Å². The second kappa shape index (κ2) is 10.6. The zero-order valence-electron chi connectivity index (χ0n) is 20.5. The second-order valence-corrected chi connectivity index (χ2v) is 10.2. The summed E-state index contributed by atoms with van der Waals surface area (Å²) >= 11 is 0. The number of amides is 1. The Labute approximate surface area is 202 Å². The summed E-state index contributed by atoms with van der Waals surface area (Å²) in [6.07, 6.45) is 6.99. The fraction of sp³-hybridized carbons (Fsp3) is 0.720. The van der Waals surface area contributed by atoms with Crippen molar-refractivity contribution in [3.05, 3.63) is 17.8 Å². The van der Waals surface area contributed by atoms with Gasteiger partial charge in [0.25, 0.3) is 5.91 Å². The number of aromatic nitrogens is 3. The fourth-order valence-electron chi connectivity index (χ4n) is 5.62. The summed E-state index contributed by atoms with van der Waals surface area (Å²) < 4.78 is 1.71. The molecular formula is C25H39N7O2. The van der Waals surface area contributed by atoms with Crippen molar-refractivity contribution in [3.63, 3.8) is 0 Å². The van der Waals surface area contributed by atoms with Crippen LogP contribution in [0.1, 0.15) is 55.4 Å². The highest BCUT2D eigenvalue weighted by Crippen LogP contribution is 2.24. The highest BCUT2D eigenvalue weighted by Gasteiger charge is 2.25. The molecule has 0 bridgehead atoms. The van der Waals surface area contributed by atoms with Gasteiger partial charge in [0.2, 0.25) is 0 Å². The van der Waals surface area contributed by atoms with Crippen molar-refractivity contribution in [2.45, 2.75) is 57.1 Å². The van der Waals surface area contributed by atoms with Crippen LogP contribution in [0.3, 0.4) is 0 Å². The molecule has 9 nitrogen and oxygen atoms in total. The fourth-order valence-corrected chi connectivity index (χ4v) is 5.62. The van der Waals surface area contributed by atoms with Gasteiger partial charge in [0.1, 0.15) is 5.82 Å². The van der Waals surface area contributed by atoms with Gasteiger partial charge in [0.15, 0.2) is 11.3 Å². The molecule has 2 aromatic heterocycles.